The van der Waals surface area contributed by atoms with Gasteiger partial charge in [0, 0.05) is 5.56 Å². The molecule has 0 aliphatic rings. The number of carbonyl (C=O) groups excluding carboxylic acids is 1. The number of nitrogens with one attached hydrogen (secondary N) is 1. The van der Waals surface area contributed by atoms with E-state index in [1.54, 1.807) is 12.1 Å². The molecule has 0 aliphatic carbocycles. The summed E-state index contributed by atoms with van der Waals surface area (Å²) in [6.07, 6.45) is 0. The van der Waals surface area contributed by atoms with Gasteiger partial charge in [0.25, 0.3) is 5.91 Å². The molecule has 1 aromatic heterocycles. The summed E-state index contributed by atoms with van der Waals surface area (Å²) in [5.74, 6) is -0.104. The molecule has 5 nitrogen and oxygen atoms in total. The van der Waals surface area contributed by atoms with Crippen molar-refractivity contribution in [1.29, 1.82) is 0 Å². The number of amides is 1. The number of nitrogens with two attached hydrogens (primary N) is 1. The molecular formula is C13H14N4OS2. The fourth-order valence-corrected chi connectivity index (χ4v) is 2.61. The second-order valence-corrected chi connectivity index (χ2v) is 5.70. The van der Waals surface area contributed by atoms with E-state index < -0.39 is 0 Å². The van der Waals surface area contributed by atoms with E-state index in [0.29, 0.717) is 21.8 Å². The quantitative estimate of drug-likeness (QED) is 0.848. The maximum atomic E-state index is 12.3. The lowest BCUT2D eigenvalue weighted by molar-refractivity contribution is 0.102. The molecule has 1 aromatic carbocycles. The summed E-state index contributed by atoms with van der Waals surface area (Å²) in [5.41, 5.74) is 7.57. The number of hydrogen-bond acceptors (Lipinski definition) is 5. The smallest absolute Gasteiger partial charge is 0.269 e. The number of rotatable bonds is 4. The van der Waals surface area contributed by atoms with E-state index in [2.05, 4.69) is 14.9 Å². The molecule has 0 unspecified atom stereocenters. The summed E-state index contributed by atoms with van der Waals surface area (Å²) in [4.78, 5) is 13.1. The van der Waals surface area contributed by atoms with Crippen molar-refractivity contribution in [3.05, 3.63) is 40.4 Å². The van der Waals surface area contributed by atoms with Crippen molar-refractivity contribution >= 4 is 40.3 Å². The highest BCUT2D eigenvalue weighted by Crippen LogP contribution is 2.22. The van der Waals surface area contributed by atoms with Crippen molar-refractivity contribution in [3.63, 3.8) is 0 Å². The first-order chi connectivity index (χ1) is 9.50. The molecule has 20 heavy (non-hydrogen) atoms. The van der Waals surface area contributed by atoms with Gasteiger partial charge in [-0.3, -0.25) is 4.79 Å². The third-order valence-electron chi connectivity index (χ3n) is 2.71. The first-order valence-corrected chi connectivity index (χ1v) is 7.21. The molecule has 0 atom stereocenters. The lowest BCUT2D eigenvalue weighted by Crippen LogP contribution is -2.18. The van der Waals surface area contributed by atoms with E-state index in [1.165, 1.54) is 0 Å². The Morgan fingerprint density at radius 3 is 2.75 bits per heavy atom. The number of thiocarbonyl (C=S) groups is 1. The van der Waals surface area contributed by atoms with Crippen LogP contribution in [0.2, 0.25) is 0 Å². The molecule has 2 aromatic rings. The molecule has 7 heteroatoms. The Morgan fingerprint density at radius 1 is 1.40 bits per heavy atom. The van der Waals surface area contributed by atoms with Gasteiger partial charge < -0.3 is 11.1 Å². The van der Waals surface area contributed by atoms with Crippen LogP contribution < -0.4 is 11.1 Å². The van der Waals surface area contributed by atoms with Crippen molar-refractivity contribution in [3.8, 4) is 0 Å². The lowest BCUT2D eigenvalue weighted by atomic mass is 10.1. The Bertz CT molecular complexity index is 651. The number of aromatic nitrogens is 2. The molecular weight excluding hydrogens is 292 g/mol. The number of para-hydroxylation sites is 1. The normalized spacial score (nSPS) is 10.6. The van der Waals surface area contributed by atoms with Crippen LogP contribution in [0.3, 0.4) is 0 Å². The van der Waals surface area contributed by atoms with Crippen molar-refractivity contribution < 1.29 is 4.79 Å². The molecule has 0 bridgehead atoms. The second kappa shape index (κ2) is 6.06. The van der Waals surface area contributed by atoms with Gasteiger partial charge in [-0.2, -0.15) is 0 Å². The van der Waals surface area contributed by atoms with Gasteiger partial charge in [0.2, 0.25) is 0 Å². The third kappa shape index (κ3) is 3.00. The molecule has 3 N–H and O–H groups in total. The first-order valence-electron chi connectivity index (χ1n) is 6.03. The highest BCUT2D eigenvalue weighted by molar-refractivity contribution is 7.80. The average molecular weight is 306 g/mol. The minimum absolute atomic E-state index is 0.139. The monoisotopic (exact) mass is 306 g/mol. The summed E-state index contributed by atoms with van der Waals surface area (Å²) in [7, 11) is 0. The Hall–Kier alpha value is -1.86. The summed E-state index contributed by atoms with van der Waals surface area (Å²) in [5, 5.41) is 6.81. The van der Waals surface area contributed by atoms with Gasteiger partial charge in [0.15, 0.2) is 0 Å². The number of benzene rings is 1. The van der Waals surface area contributed by atoms with Gasteiger partial charge in [0.1, 0.15) is 9.87 Å². The highest BCUT2D eigenvalue weighted by atomic mass is 32.1. The van der Waals surface area contributed by atoms with Crippen LogP contribution in [0.5, 0.6) is 0 Å². The van der Waals surface area contributed by atoms with E-state index in [9.17, 15) is 4.79 Å². The van der Waals surface area contributed by atoms with Crippen LogP contribution in [0.1, 0.15) is 40.7 Å². The third-order valence-corrected chi connectivity index (χ3v) is 3.67. The maximum absolute atomic E-state index is 12.3. The van der Waals surface area contributed by atoms with Crippen LogP contribution in [0.25, 0.3) is 0 Å². The van der Waals surface area contributed by atoms with E-state index in [-0.39, 0.29) is 16.8 Å². The Labute approximate surface area is 126 Å². The largest absolute Gasteiger partial charge is 0.389 e. The van der Waals surface area contributed by atoms with Crippen molar-refractivity contribution in [2.45, 2.75) is 19.8 Å². The van der Waals surface area contributed by atoms with E-state index in [1.807, 2.05) is 26.0 Å². The van der Waals surface area contributed by atoms with Crippen LogP contribution in [-0.2, 0) is 0 Å². The first kappa shape index (κ1) is 14.5. The zero-order valence-corrected chi connectivity index (χ0v) is 12.7. The molecule has 0 spiro atoms. The van der Waals surface area contributed by atoms with Gasteiger partial charge in [-0.1, -0.05) is 42.7 Å². The molecule has 1 amide bonds. The predicted octanol–water partition coefficient (Wildman–Crippen LogP) is 2.55. The Morgan fingerprint density at radius 2 is 2.10 bits per heavy atom. The van der Waals surface area contributed by atoms with Gasteiger partial charge in [-0.15, -0.1) is 5.10 Å². The van der Waals surface area contributed by atoms with Gasteiger partial charge in [-0.25, -0.2) is 0 Å². The molecule has 0 aliphatic heterocycles. The van der Waals surface area contributed by atoms with Gasteiger partial charge in [-0.05, 0) is 29.6 Å². The topological polar surface area (TPSA) is 80.9 Å². The zero-order chi connectivity index (χ0) is 14.7. The molecule has 104 valence electrons. The van der Waals surface area contributed by atoms with Crippen molar-refractivity contribution in [2.24, 2.45) is 5.73 Å². The van der Waals surface area contributed by atoms with Crippen LogP contribution in [0, 0.1) is 0 Å². The SMILES string of the molecule is CC(C)c1nnsc1C(=O)Nc1ccccc1C(N)=S. The Kier molecular flexibility index (Phi) is 4.41. The van der Waals surface area contributed by atoms with Gasteiger partial charge in [0.05, 0.1) is 11.4 Å². The number of nitrogens with zero attached hydrogens (tertiary/aromatic N) is 2. The summed E-state index contributed by atoms with van der Waals surface area (Å²) >= 11 is 6.06. The van der Waals surface area contributed by atoms with Crippen LogP contribution in [-0.4, -0.2) is 20.5 Å². The minimum Gasteiger partial charge on any atom is -0.389 e. The van der Waals surface area contributed by atoms with E-state index in [4.69, 9.17) is 18.0 Å². The number of carbonyl (C=O) groups is 1. The molecule has 1 heterocycles. The fourth-order valence-electron chi connectivity index (χ4n) is 1.72. The molecule has 0 radical (unpaired) electrons. The summed E-state index contributed by atoms with van der Waals surface area (Å²) in [6, 6.07) is 7.16. The highest BCUT2D eigenvalue weighted by Gasteiger charge is 2.19. The standard InChI is InChI=1S/C13H14N4OS2/c1-7(2)10-11(20-17-16-10)13(18)15-9-6-4-3-5-8(9)12(14)19/h3-7H,1-2H3,(H2,14,19)(H,15,18). The predicted molar refractivity (Wildman–Crippen MR) is 84.3 cm³/mol. The molecule has 0 saturated heterocycles. The van der Waals surface area contributed by atoms with E-state index >= 15 is 0 Å². The van der Waals surface area contributed by atoms with E-state index in [0.717, 1.165) is 11.5 Å². The van der Waals surface area contributed by atoms with Crippen LogP contribution in [0.4, 0.5) is 5.69 Å². The number of hydrogen-bond donors (Lipinski definition) is 2. The summed E-state index contributed by atoms with van der Waals surface area (Å²) in [6.45, 7) is 3.94. The summed E-state index contributed by atoms with van der Waals surface area (Å²) < 4.78 is 3.84. The van der Waals surface area contributed by atoms with Crippen molar-refractivity contribution in [2.75, 3.05) is 5.32 Å². The Balaban J connectivity index is 2.29. The average Bonchev–Trinajstić information content (AvgIpc) is 2.88. The van der Waals surface area contributed by atoms with Gasteiger partial charge >= 0.3 is 0 Å². The second-order valence-electron chi connectivity index (χ2n) is 4.51. The van der Waals surface area contributed by atoms with Crippen LogP contribution >= 0.6 is 23.8 Å². The molecule has 0 saturated carbocycles. The fraction of sp³-hybridized carbons (Fsp3) is 0.231. The molecule has 0 fully saturated rings. The van der Waals surface area contributed by atoms with Crippen molar-refractivity contribution in [1.82, 2.24) is 9.59 Å². The van der Waals surface area contributed by atoms with Crippen LogP contribution in [0.15, 0.2) is 24.3 Å². The maximum Gasteiger partial charge on any atom is 0.269 e. The minimum atomic E-state index is -0.243. The molecule has 2 rings (SSSR count). The zero-order valence-electron chi connectivity index (χ0n) is 11.1. The number of anilines is 1. The lowest BCUT2D eigenvalue weighted by Gasteiger charge is -2.10.